The predicted molar refractivity (Wildman–Crippen MR) is 87.3 cm³/mol. The van der Waals surface area contributed by atoms with E-state index in [1.165, 1.54) is 0 Å². The Hall–Kier alpha value is -1.89. The molecular formula is C16H26N4O3. The van der Waals surface area contributed by atoms with E-state index in [1.54, 1.807) is 18.2 Å². The summed E-state index contributed by atoms with van der Waals surface area (Å²) in [5.41, 5.74) is 0. The van der Waals surface area contributed by atoms with Crippen molar-refractivity contribution in [2.75, 3.05) is 44.8 Å². The lowest BCUT2D eigenvalue weighted by molar-refractivity contribution is 0.0943. The molecule has 128 valence electrons. The molecule has 0 atom stereocenters. The molecule has 0 bridgehead atoms. The normalized spacial score (nSPS) is 15.7. The van der Waals surface area contributed by atoms with E-state index in [1.807, 2.05) is 19.9 Å². The minimum atomic E-state index is -0.219. The van der Waals surface area contributed by atoms with Gasteiger partial charge >= 0.3 is 6.09 Å². The maximum atomic E-state index is 12.1. The molecule has 1 saturated heterocycles. The molecule has 7 nitrogen and oxygen atoms in total. The van der Waals surface area contributed by atoms with Crippen LogP contribution < -0.4 is 4.90 Å². The molecule has 0 radical (unpaired) electrons. The van der Waals surface area contributed by atoms with Gasteiger partial charge in [0, 0.05) is 39.5 Å². The number of nitrogens with zero attached hydrogens (tertiary/aromatic N) is 4. The summed E-state index contributed by atoms with van der Waals surface area (Å²) in [5.74, 6) is 1.90. The smallest absolute Gasteiger partial charge is 0.409 e. The van der Waals surface area contributed by atoms with Gasteiger partial charge in [0.2, 0.25) is 0 Å². The summed E-state index contributed by atoms with van der Waals surface area (Å²) in [6.07, 6.45) is 2.42. The van der Waals surface area contributed by atoms with Crippen LogP contribution in [0, 0.1) is 5.92 Å². The van der Waals surface area contributed by atoms with E-state index in [2.05, 4.69) is 14.9 Å². The van der Waals surface area contributed by atoms with Gasteiger partial charge in [-0.05, 0) is 18.4 Å². The van der Waals surface area contributed by atoms with Crippen molar-refractivity contribution < 1.29 is 14.3 Å². The number of methoxy groups -OCH3 is 1. The Bertz CT molecular complexity index is 510. The van der Waals surface area contributed by atoms with Gasteiger partial charge in [0.1, 0.15) is 12.4 Å². The highest BCUT2D eigenvalue weighted by atomic mass is 16.6. The zero-order valence-electron chi connectivity index (χ0n) is 14.2. The van der Waals surface area contributed by atoms with Gasteiger partial charge in [-0.25, -0.2) is 14.8 Å². The van der Waals surface area contributed by atoms with Crippen molar-refractivity contribution in [2.45, 2.75) is 26.9 Å². The van der Waals surface area contributed by atoms with Gasteiger partial charge < -0.3 is 19.3 Å². The van der Waals surface area contributed by atoms with E-state index in [9.17, 15) is 4.79 Å². The Labute approximate surface area is 137 Å². The van der Waals surface area contributed by atoms with Crippen LogP contribution in [0.15, 0.2) is 12.3 Å². The van der Waals surface area contributed by atoms with Crippen LogP contribution in [0.25, 0.3) is 0 Å². The van der Waals surface area contributed by atoms with Crippen molar-refractivity contribution in [3.63, 3.8) is 0 Å². The summed E-state index contributed by atoms with van der Waals surface area (Å²) in [6, 6.07) is 1.89. The first-order valence-electron chi connectivity index (χ1n) is 8.07. The molecule has 1 aliphatic rings. The number of anilines is 1. The van der Waals surface area contributed by atoms with E-state index < -0.39 is 0 Å². The zero-order valence-corrected chi connectivity index (χ0v) is 14.2. The second kappa shape index (κ2) is 8.67. The minimum absolute atomic E-state index is 0.219. The monoisotopic (exact) mass is 322 g/mol. The van der Waals surface area contributed by atoms with Crippen LogP contribution in [0.2, 0.25) is 0 Å². The van der Waals surface area contributed by atoms with Crippen LogP contribution in [0.3, 0.4) is 0 Å². The van der Waals surface area contributed by atoms with Crippen LogP contribution in [0.4, 0.5) is 10.6 Å². The minimum Gasteiger partial charge on any atom is -0.449 e. The molecular weight excluding hydrogens is 296 g/mol. The molecule has 1 aliphatic heterocycles. The van der Waals surface area contributed by atoms with E-state index in [0.717, 1.165) is 25.3 Å². The first-order valence-corrected chi connectivity index (χ1v) is 8.07. The molecule has 0 aromatic carbocycles. The van der Waals surface area contributed by atoms with Gasteiger partial charge in [0.15, 0.2) is 5.82 Å². The fraction of sp³-hybridized carbons (Fsp3) is 0.688. The van der Waals surface area contributed by atoms with Gasteiger partial charge in [-0.15, -0.1) is 0 Å². The third-order valence-electron chi connectivity index (χ3n) is 3.58. The molecule has 2 rings (SSSR count). The second-order valence-electron chi connectivity index (χ2n) is 6.06. The Morgan fingerprint density at radius 3 is 2.87 bits per heavy atom. The van der Waals surface area contributed by atoms with Gasteiger partial charge in [0.25, 0.3) is 0 Å². The molecule has 1 fully saturated rings. The van der Waals surface area contributed by atoms with E-state index in [-0.39, 0.29) is 6.09 Å². The second-order valence-corrected chi connectivity index (χ2v) is 6.06. The summed E-state index contributed by atoms with van der Waals surface area (Å²) < 4.78 is 10.4. The summed E-state index contributed by atoms with van der Waals surface area (Å²) in [4.78, 5) is 24.7. The van der Waals surface area contributed by atoms with Crippen LogP contribution in [-0.2, 0) is 16.1 Å². The van der Waals surface area contributed by atoms with Gasteiger partial charge in [0.05, 0.1) is 6.61 Å². The summed E-state index contributed by atoms with van der Waals surface area (Å²) in [6.45, 7) is 7.87. The lowest BCUT2D eigenvalue weighted by Gasteiger charge is -2.23. The SMILES string of the molecule is COCc1nccc(N2CCCN(C(=O)OCC(C)C)CC2)n1. The summed E-state index contributed by atoms with van der Waals surface area (Å²) in [5, 5.41) is 0. The average molecular weight is 322 g/mol. The quantitative estimate of drug-likeness (QED) is 0.825. The molecule has 0 saturated carbocycles. The molecule has 0 aliphatic carbocycles. The molecule has 7 heteroatoms. The topological polar surface area (TPSA) is 67.8 Å². The number of hydrogen-bond donors (Lipinski definition) is 0. The molecule has 0 N–H and O–H groups in total. The summed E-state index contributed by atoms with van der Waals surface area (Å²) in [7, 11) is 1.63. The standard InChI is InChI=1S/C16H26N4O3/c1-13(2)11-23-16(21)20-8-4-7-19(9-10-20)15-5-6-17-14(18-15)12-22-3/h5-6,13H,4,7-12H2,1-3H3. The van der Waals surface area contributed by atoms with Gasteiger partial charge in [-0.2, -0.15) is 0 Å². The molecule has 2 heterocycles. The first kappa shape index (κ1) is 17.5. The van der Waals surface area contributed by atoms with Crippen LogP contribution in [0.1, 0.15) is 26.1 Å². The van der Waals surface area contributed by atoms with Crippen molar-refractivity contribution in [1.29, 1.82) is 0 Å². The number of ether oxygens (including phenoxy) is 2. The number of rotatable bonds is 5. The predicted octanol–water partition coefficient (Wildman–Crippen LogP) is 1.93. The number of amides is 1. The third kappa shape index (κ3) is 5.35. The Morgan fingerprint density at radius 2 is 2.13 bits per heavy atom. The lowest BCUT2D eigenvalue weighted by Crippen LogP contribution is -2.36. The lowest BCUT2D eigenvalue weighted by atomic mass is 10.2. The van der Waals surface area contributed by atoms with Crippen molar-refractivity contribution in [3.05, 3.63) is 18.1 Å². The third-order valence-corrected chi connectivity index (χ3v) is 3.58. The van der Waals surface area contributed by atoms with Crippen LogP contribution in [-0.4, -0.2) is 60.9 Å². The van der Waals surface area contributed by atoms with Crippen LogP contribution in [0.5, 0.6) is 0 Å². The van der Waals surface area contributed by atoms with Crippen molar-refractivity contribution in [2.24, 2.45) is 5.92 Å². The number of aromatic nitrogens is 2. The molecule has 0 unspecified atom stereocenters. The maximum Gasteiger partial charge on any atom is 0.409 e. The zero-order chi connectivity index (χ0) is 16.7. The Balaban J connectivity index is 1.93. The fourth-order valence-electron chi connectivity index (χ4n) is 2.42. The van der Waals surface area contributed by atoms with E-state index in [0.29, 0.717) is 38.0 Å². The van der Waals surface area contributed by atoms with Gasteiger partial charge in [-0.1, -0.05) is 13.8 Å². The van der Waals surface area contributed by atoms with E-state index >= 15 is 0 Å². The number of carbonyl (C=O) groups is 1. The largest absolute Gasteiger partial charge is 0.449 e. The highest BCUT2D eigenvalue weighted by Crippen LogP contribution is 2.14. The number of carbonyl (C=O) groups excluding carboxylic acids is 1. The van der Waals surface area contributed by atoms with Crippen molar-refractivity contribution in [1.82, 2.24) is 14.9 Å². The fourth-order valence-corrected chi connectivity index (χ4v) is 2.42. The maximum absolute atomic E-state index is 12.1. The molecule has 23 heavy (non-hydrogen) atoms. The average Bonchev–Trinajstić information content (AvgIpc) is 2.79. The first-order chi connectivity index (χ1) is 11.1. The van der Waals surface area contributed by atoms with E-state index in [4.69, 9.17) is 9.47 Å². The Morgan fingerprint density at radius 1 is 1.30 bits per heavy atom. The molecule has 1 amide bonds. The molecule has 1 aromatic rings. The summed E-state index contributed by atoms with van der Waals surface area (Å²) >= 11 is 0. The van der Waals surface area contributed by atoms with Crippen molar-refractivity contribution >= 4 is 11.9 Å². The molecule has 0 spiro atoms. The van der Waals surface area contributed by atoms with Crippen molar-refractivity contribution in [3.8, 4) is 0 Å². The van der Waals surface area contributed by atoms with Gasteiger partial charge in [-0.3, -0.25) is 0 Å². The highest BCUT2D eigenvalue weighted by molar-refractivity contribution is 5.67. The Kier molecular flexibility index (Phi) is 6.58. The van der Waals surface area contributed by atoms with Crippen LogP contribution >= 0.6 is 0 Å². The number of hydrogen-bond acceptors (Lipinski definition) is 6. The highest BCUT2D eigenvalue weighted by Gasteiger charge is 2.21. The molecule has 1 aromatic heterocycles.